The van der Waals surface area contributed by atoms with Crippen molar-refractivity contribution in [3.8, 4) is 28.7 Å². The molecule has 0 spiro atoms. The van der Waals surface area contributed by atoms with Gasteiger partial charge in [0.25, 0.3) is 0 Å². The van der Waals surface area contributed by atoms with Crippen LogP contribution >= 0.6 is 0 Å². The molecule has 0 aromatic carbocycles. The second kappa shape index (κ2) is 9.79. The van der Waals surface area contributed by atoms with Gasteiger partial charge in [0.15, 0.2) is 11.6 Å². The van der Waals surface area contributed by atoms with Crippen LogP contribution in [-0.2, 0) is 18.3 Å². The lowest BCUT2D eigenvalue weighted by molar-refractivity contribution is 0.0314. The molecule has 1 fully saturated rings. The van der Waals surface area contributed by atoms with E-state index < -0.39 is 0 Å². The molecule has 1 N–H and O–H groups in total. The van der Waals surface area contributed by atoms with Crippen molar-refractivity contribution in [2.24, 2.45) is 7.05 Å². The molecule has 5 aromatic rings. The van der Waals surface area contributed by atoms with Crippen LogP contribution in [0.25, 0.3) is 33.7 Å². The molecule has 1 atom stereocenters. The predicted molar refractivity (Wildman–Crippen MR) is 144 cm³/mol. The number of hydrogen-bond donors (Lipinski definition) is 1. The van der Waals surface area contributed by atoms with Crippen LogP contribution in [0.5, 0.6) is 5.88 Å². The van der Waals surface area contributed by atoms with Gasteiger partial charge in [0.05, 0.1) is 44.1 Å². The van der Waals surface area contributed by atoms with E-state index in [1.807, 2.05) is 42.2 Å². The fraction of sp³-hybridized carbons (Fsp3) is 0.370. The Morgan fingerprint density at radius 1 is 1.05 bits per heavy atom. The van der Waals surface area contributed by atoms with Gasteiger partial charge < -0.3 is 19.2 Å². The summed E-state index contributed by atoms with van der Waals surface area (Å²) in [7, 11) is 1.85. The first-order valence-corrected chi connectivity index (χ1v) is 13.1. The van der Waals surface area contributed by atoms with Crippen molar-refractivity contribution in [1.82, 2.24) is 39.4 Å². The van der Waals surface area contributed by atoms with E-state index in [-0.39, 0.29) is 6.04 Å². The molecule has 2 aliphatic rings. The molecule has 1 saturated heterocycles. The molecule has 7 heterocycles. The Hall–Kier alpha value is -4.29. The van der Waals surface area contributed by atoms with Crippen molar-refractivity contribution in [3.63, 3.8) is 0 Å². The third-order valence-electron chi connectivity index (χ3n) is 7.20. The number of pyridine rings is 1. The minimum absolute atomic E-state index is 0.0491. The van der Waals surface area contributed by atoms with Crippen molar-refractivity contribution in [2.75, 3.05) is 38.2 Å². The number of morpholine rings is 1. The summed E-state index contributed by atoms with van der Waals surface area (Å²) in [4.78, 5) is 16.2. The molecule has 0 amide bonds. The number of hydrogen-bond acceptors (Lipinski definition) is 10. The predicted octanol–water partition coefficient (Wildman–Crippen LogP) is 3.80. The lowest BCUT2D eigenvalue weighted by Crippen LogP contribution is -2.35. The summed E-state index contributed by atoms with van der Waals surface area (Å²) in [6.45, 7) is 6.68. The zero-order valence-corrected chi connectivity index (χ0v) is 21.9. The Labute approximate surface area is 224 Å². The van der Waals surface area contributed by atoms with E-state index in [0.717, 1.165) is 72.9 Å². The molecule has 7 rings (SSSR count). The molecule has 0 unspecified atom stereocenters. The van der Waals surface area contributed by atoms with Gasteiger partial charge in [-0.3, -0.25) is 9.58 Å². The number of aryl methyl sites for hydroxylation is 1. The van der Waals surface area contributed by atoms with Crippen LogP contribution in [0.3, 0.4) is 0 Å². The van der Waals surface area contributed by atoms with Gasteiger partial charge in [-0.25, -0.2) is 19.6 Å². The second-order valence-electron chi connectivity index (χ2n) is 9.90. The van der Waals surface area contributed by atoms with E-state index in [1.54, 1.807) is 17.1 Å². The molecule has 5 aromatic heterocycles. The Morgan fingerprint density at radius 2 is 1.95 bits per heavy atom. The maximum absolute atomic E-state index is 6.30. The third-order valence-corrected chi connectivity index (χ3v) is 7.20. The van der Waals surface area contributed by atoms with Gasteiger partial charge in [-0.1, -0.05) is 0 Å². The molecule has 2 aliphatic heterocycles. The highest BCUT2D eigenvalue weighted by Crippen LogP contribution is 2.34. The fourth-order valence-corrected chi connectivity index (χ4v) is 5.08. The molecule has 39 heavy (non-hydrogen) atoms. The normalized spacial score (nSPS) is 17.9. The van der Waals surface area contributed by atoms with Gasteiger partial charge in [0.2, 0.25) is 5.88 Å². The van der Waals surface area contributed by atoms with Gasteiger partial charge in [-0.15, -0.1) is 0 Å². The lowest BCUT2D eigenvalue weighted by atomic mass is 10.2. The Balaban J connectivity index is 1.27. The Kier molecular flexibility index (Phi) is 5.97. The molecule has 200 valence electrons. The smallest absolute Gasteiger partial charge is 0.222 e. The average molecular weight is 528 g/mol. The average Bonchev–Trinajstić information content (AvgIpc) is 3.66. The molecule has 0 aliphatic carbocycles. The topological polar surface area (TPSA) is 121 Å². The number of anilines is 2. The van der Waals surface area contributed by atoms with Crippen molar-refractivity contribution >= 4 is 22.5 Å². The third kappa shape index (κ3) is 4.51. The summed E-state index contributed by atoms with van der Waals surface area (Å²) < 4.78 is 21.7. The number of rotatable bonds is 3. The van der Waals surface area contributed by atoms with Crippen LogP contribution in [0.2, 0.25) is 0 Å². The molecule has 0 saturated carbocycles. The number of aromatic nitrogens is 7. The van der Waals surface area contributed by atoms with Gasteiger partial charge in [0.1, 0.15) is 28.7 Å². The van der Waals surface area contributed by atoms with Gasteiger partial charge in [-0.05, 0) is 25.1 Å². The molecule has 0 radical (unpaired) electrons. The number of fused-ring (bicyclic) bond motifs is 5. The lowest BCUT2D eigenvalue weighted by Gasteiger charge is -2.25. The monoisotopic (exact) mass is 527 g/mol. The first kappa shape index (κ1) is 23.8. The van der Waals surface area contributed by atoms with E-state index >= 15 is 0 Å². The minimum Gasteiger partial charge on any atom is -0.477 e. The van der Waals surface area contributed by atoms with E-state index in [9.17, 15) is 0 Å². The van der Waals surface area contributed by atoms with Crippen LogP contribution in [-0.4, -0.2) is 72.3 Å². The highest BCUT2D eigenvalue weighted by atomic mass is 16.5. The summed E-state index contributed by atoms with van der Waals surface area (Å²) >= 11 is 0. The van der Waals surface area contributed by atoms with Crippen LogP contribution < -0.4 is 10.1 Å². The molecular formula is C27H29N9O3. The van der Waals surface area contributed by atoms with Crippen LogP contribution in [0.4, 0.5) is 11.6 Å². The molecule has 12 heteroatoms. The van der Waals surface area contributed by atoms with E-state index in [0.29, 0.717) is 29.9 Å². The van der Waals surface area contributed by atoms with E-state index in [1.165, 1.54) is 0 Å². The summed E-state index contributed by atoms with van der Waals surface area (Å²) in [5.41, 5.74) is 2.46. The summed E-state index contributed by atoms with van der Waals surface area (Å²) in [6, 6.07) is 7.89. The zero-order valence-electron chi connectivity index (χ0n) is 21.9. The standard InChI is InChI=1S/C27H29N9O3/c1-17-6-10-38-27-20(15-30-34(27)2)26-28-7-5-23(32-26)31-24-13-21-19(14-29-24)25(33-36(17)21)22-4-3-18(39-22)16-35-8-11-37-12-9-35/h3-5,7,13-15,17H,6,8-12,16H2,1-2H3,(H,28,29,31,32)/t17-/m0/s1. The van der Waals surface area contributed by atoms with Gasteiger partial charge >= 0.3 is 0 Å². The van der Waals surface area contributed by atoms with Gasteiger partial charge in [-0.2, -0.15) is 10.2 Å². The highest BCUT2D eigenvalue weighted by Gasteiger charge is 2.22. The number of nitrogens with one attached hydrogen (secondary N) is 1. The quantitative estimate of drug-likeness (QED) is 0.371. The summed E-state index contributed by atoms with van der Waals surface area (Å²) in [5, 5.41) is 13.6. The van der Waals surface area contributed by atoms with Crippen LogP contribution in [0, 0.1) is 0 Å². The van der Waals surface area contributed by atoms with Crippen molar-refractivity contribution in [3.05, 3.63) is 48.6 Å². The van der Waals surface area contributed by atoms with Crippen molar-refractivity contribution in [2.45, 2.75) is 25.9 Å². The minimum atomic E-state index is 0.0491. The Morgan fingerprint density at radius 3 is 2.85 bits per heavy atom. The van der Waals surface area contributed by atoms with Crippen LogP contribution in [0.15, 0.2) is 47.3 Å². The summed E-state index contributed by atoms with van der Waals surface area (Å²) in [5.74, 6) is 4.09. The first-order chi connectivity index (χ1) is 19.1. The zero-order chi connectivity index (χ0) is 26.3. The highest BCUT2D eigenvalue weighted by molar-refractivity contribution is 5.93. The number of ether oxygens (including phenoxy) is 2. The number of nitrogens with zero attached hydrogens (tertiary/aromatic N) is 8. The maximum atomic E-state index is 6.30. The Bertz CT molecular complexity index is 1630. The van der Waals surface area contributed by atoms with E-state index in [4.69, 9.17) is 24.0 Å². The van der Waals surface area contributed by atoms with Crippen molar-refractivity contribution < 1.29 is 13.9 Å². The maximum Gasteiger partial charge on any atom is 0.222 e. The van der Waals surface area contributed by atoms with Gasteiger partial charge in [0, 0.05) is 50.4 Å². The first-order valence-electron chi connectivity index (χ1n) is 13.1. The SMILES string of the molecule is C[C@H]1CCOc2c(cnn2C)-c2nccc(n2)Nc2cc3c(cn2)c(-c2ccc(CN4CCOCC4)o2)nn31. The van der Waals surface area contributed by atoms with E-state index in [2.05, 4.69) is 32.2 Å². The molecule has 4 bridgehead atoms. The molecule has 12 nitrogen and oxygen atoms in total. The second-order valence-corrected chi connectivity index (χ2v) is 9.90. The fourth-order valence-electron chi connectivity index (χ4n) is 5.08. The van der Waals surface area contributed by atoms with Crippen LogP contribution in [0.1, 0.15) is 25.1 Å². The summed E-state index contributed by atoms with van der Waals surface area (Å²) in [6.07, 6.45) is 6.01. The number of furan rings is 1. The molecular weight excluding hydrogens is 498 g/mol. The van der Waals surface area contributed by atoms with Crippen molar-refractivity contribution in [1.29, 1.82) is 0 Å². The largest absolute Gasteiger partial charge is 0.477 e.